The third-order valence-electron chi connectivity index (χ3n) is 4.93. The Morgan fingerprint density at radius 3 is 2.90 bits per heavy atom. The third-order valence-corrected chi connectivity index (χ3v) is 4.93. The van der Waals surface area contributed by atoms with Crippen LogP contribution in [-0.2, 0) is 9.53 Å². The summed E-state index contributed by atoms with van der Waals surface area (Å²) in [5.74, 6) is 0.901. The van der Waals surface area contributed by atoms with E-state index in [1.54, 1.807) is 6.20 Å². The second-order valence-corrected chi connectivity index (χ2v) is 6.18. The van der Waals surface area contributed by atoms with E-state index in [4.69, 9.17) is 4.74 Å². The molecule has 5 heteroatoms. The molecule has 1 aromatic rings. The summed E-state index contributed by atoms with van der Waals surface area (Å²) in [6.45, 7) is 4.63. The minimum absolute atomic E-state index is 0.0763. The number of ether oxygens (including phenoxy) is 1. The number of H-pyrrole nitrogens is 1. The summed E-state index contributed by atoms with van der Waals surface area (Å²) >= 11 is 0. The van der Waals surface area contributed by atoms with Gasteiger partial charge in [-0.1, -0.05) is 6.92 Å². The van der Waals surface area contributed by atoms with Crippen molar-refractivity contribution in [2.45, 2.75) is 51.0 Å². The number of amides is 1. The molecule has 2 fully saturated rings. The monoisotopic (exact) mass is 291 g/mol. The van der Waals surface area contributed by atoms with Crippen LogP contribution in [0.2, 0.25) is 0 Å². The Morgan fingerprint density at radius 1 is 1.43 bits per heavy atom. The molecule has 0 radical (unpaired) electrons. The first-order valence-electron chi connectivity index (χ1n) is 8.19. The van der Waals surface area contributed by atoms with Crippen LogP contribution < -0.4 is 0 Å². The quantitative estimate of drug-likeness (QED) is 0.930. The summed E-state index contributed by atoms with van der Waals surface area (Å²) in [6, 6.07) is 2.05. The maximum Gasteiger partial charge on any atom is 0.228 e. The molecule has 5 nitrogen and oxygen atoms in total. The van der Waals surface area contributed by atoms with Crippen molar-refractivity contribution in [3.8, 4) is 0 Å². The maximum absolute atomic E-state index is 12.7. The van der Waals surface area contributed by atoms with E-state index in [1.165, 1.54) is 5.69 Å². The van der Waals surface area contributed by atoms with Crippen molar-refractivity contribution in [2.75, 3.05) is 19.7 Å². The molecule has 0 aromatic carbocycles. The Labute approximate surface area is 126 Å². The van der Waals surface area contributed by atoms with Gasteiger partial charge in [-0.25, -0.2) is 0 Å². The summed E-state index contributed by atoms with van der Waals surface area (Å²) in [6.07, 6.45) is 6.90. The second-order valence-electron chi connectivity index (χ2n) is 6.18. The number of aromatic nitrogens is 2. The van der Waals surface area contributed by atoms with Crippen molar-refractivity contribution in [3.63, 3.8) is 0 Å². The topological polar surface area (TPSA) is 58.2 Å². The molecule has 2 saturated heterocycles. The van der Waals surface area contributed by atoms with E-state index in [-0.39, 0.29) is 12.0 Å². The average molecular weight is 291 g/mol. The van der Waals surface area contributed by atoms with Crippen molar-refractivity contribution < 1.29 is 9.53 Å². The summed E-state index contributed by atoms with van der Waals surface area (Å²) in [5.41, 5.74) is 1.20. The lowest BCUT2D eigenvalue weighted by atomic mass is 9.88. The molecule has 3 rings (SSSR count). The molecular weight excluding hydrogens is 266 g/mol. The summed E-state index contributed by atoms with van der Waals surface area (Å²) in [7, 11) is 0. The smallest absolute Gasteiger partial charge is 0.228 e. The van der Waals surface area contributed by atoms with Gasteiger partial charge in [0, 0.05) is 37.5 Å². The van der Waals surface area contributed by atoms with E-state index in [2.05, 4.69) is 22.0 Å². The molecule has 2 atom stereocenters. The molecule has 1 N–H and O–H groups in total. The van der Waals surface area contributed by atoms with Gasteiger partial charge >= 0.3 is 0 Å². The fraction of sp³-hybridized carbons (Fsp3) is 0.750. The number of carbonyl (C=O) groups is 1. The first kappa shape index (κ1) is 14.6. The molecule has 1 aromatic heterocycles. The van der Waals surface area contributed by atoms with Crippen molar-refractivity contribution in [1.29, 1.82) is 0 Å². The van der Waals surface area contributed by atoms with Gasteiger partial charge in [0.05, 0.1) is 12.0 Å². The van der Waals surface area contributed by atoms with E-state index in [0.717, 1.165) is 51.8 Å². The summed E-state index contributed by atoms with van der Waals surface area (Å²) < 4.78 is 5.77. The fourth-order valence-electron chi connectivity index (χ4n) is 3.66. The van der Waals surface area contributed by atoms with Gasteiger partial charge in [-0.15, -0.1) is 0 Å². The van der Waals surface area contributed by atoms with Crippen LogP contribution in [-0.4, -0.2) is 46.8 Å². The van der Waals surface area contributed by atoms with E-state index in [9.17, 15) is 4.79 Å². The van der Waals surface area contributed by atoms with Crippen molar-refractivity contribution >= 4 is 5.91 Å². The van der Waals surface area contributed by atoms with Crippen LogP contribution >= 0.6 is 0 Å². The maximum atomic E-state index is 12.7. The van der Waals surface area contributed by atoms with Gasteiger partial charge in [-0.2, -0.15) is 5.10 Å². The molecule has 116 valence electrons. The first-order chi connectivity index (χ1) is 10.3. The number of likely N-dealkylation sites (tertiary alicyclic amines) is 1. The van der Waals surface area contributed by atoms with Gasteiger partial charge in [-0.05, 0) is 38.2 Å². The molecule has 3 heterocycles. The van der Waals surface area contributed by atoms with Gasteiger partial charge < -0.3 is 9.64 Å². The molecule has 0 aliphatic carbocycles. The van der Waals surface area contributed by atoms with E-state index in [0.29, 0.717) is 11.8 Å². The number of hydrogen-bond acceptors (Lipinski definition) is 3. The zero-order valence-electron chi connectivity index (χ0n) is 12.8. The molecule has 2 aliphatic rings. The molecule has 2 aliphatic heterocycles. The average Bonchev–Trinajstić information content (AvgIpc) is 3.09. The molecule has 1 amide bonds. The van der Waals surface area contributed by atoms with E-state index < -0.39 is 0 Å². The number of nitrogens with zero attached hydrogens (tertiary/aromatic N) is 2. The number of carbonyl (C=O) groups excluding carboxylic acids is 1. The van der Waals surface area contributed by atoms with Gasteiger partial charge in [0.1, 0.15) is 0 Å². The van der Waals surface area contributed by atoms with E-state index in [1.807, 2.05) is 6.07 Å². The minimum atomic E-state index is 0.0763. The predicted octanol–water partition coefficient (Wildman–Crippen LogP) is 2.32. The highest BCUT2D eigenvalue weighted by molar-refractivity contribution is 5.79. The highest BCUT2D eigenvalue weighted by Crippen LogP contribution is 2.30. The SMILES string of the molecule is CC[C@@H]1OCCC[C@@H]1C(=O)N1CCC(c2ccn[nH]2)CC1. The third kappa shape index (κ3) is 3.12. The normalized spacial score (nSPS) is 27.8. The Balaban J connectivity index is 1.57. The van der Waals surface area contributed by atoms with Crippen molar-refractivity contribution in [3.05, 3.63) is 18.0 Å². The molecule has 0 spiro atoms. The van der Waals surface area contributed by atoms with Crippen LogP contribution in [0.25, 0.3) is 0 Å². The van der Waals surface area contributed by atoms with Crippen LogP contribution in [0.15, 0.2) is 12.3 Å². The first-order valence-corrected chi connectivity index (χ1v) is 8.19. The highest BCUT2D eigenvalue weighted by atomic mass is 16.5. The van der Waals surface area contributed by atoms with Crippen LogP contribution in [0.5, 0.6) is 0 Å². The standard InChI is InChI=1S/C16H25N3O2/c1-2-15-13(4-3-11-21-15)16(20)19-9-6-12(7-10-19)14-5-8-17-18-14/h5,8,12-13,15H,2-4,6-7,9-11H2,1H3,(H,17,18)/t13-,15-/m0/s1. The Kier molecular flexibility index (Phi) is 4.58. The van der Waals surface area contributed by atoms with Crippen molar-refractivity contribution in [1.82, 2.24) is 15.1 Å². The van der Waals surface area contributed by atoms with Crippen LogP contribution in [0.3, 0.4) is 0 Å². The lowest BCUT2D eigenvalue weighted by Gasteiger charge is -2.37. The molecule has 0 unspecified atom stereocenters. The van der Waals surface area contributed by atoms with Crippen LogP contribution in [0, 0.1) is 5.92 Å². The zero-order valence-corrected chi connectivity index (χ0v) is 12.8. The molecular formula is C16H25N3O2. The number of rotatable bonds is 3. The fourth-order valence-corrected chi connectivity index (χ4v) is 3.66. The Bertz CT molecular complexity index is 452. The zero-order chi connectivity index (χ0) is 14.7. The van der Waals surface area contributed by atoms with Crippen LogP contribution in [0.1, 0.15) is 50.6 Å². The van der Waals surface area contributed by atoms with Gasteiger partial charge in [0.15, 0.2) is 0 Å². The number of nitrogens with one attached hydrogen (secondary N) is 1. The van der Waals surface area contributed by atoms with Gasteiger partial charge in [-0.3, -0.25) is 9.89 Å². The summed E-state index contributed by atoms with van der Waals surface area (Å²) in [5, 5.41) is 7.08. The number of piperidine rings is 1. The van der Waals surface area contributed by atoms with Crippen molar-refractivity contribution in [2.24, 2.45) is 5.92 Å². The Hall–Kier alpha value is -1.36. The number of aromatic amines is 1. The Morgan fingerprint density at radius 2 is 2.24 bits per heavy atom. The van der Waals surface area contributed by atoms with Gasteiger partial charge in [0.25, 0.3) is 0 Å². The largest absolute Gasteiger partial charge is 0.377 e. The highest BCUT2D eigenvalue weighted by Gasteiger charge is 2.35. The predicted molar refractivity (Wildman–Crippen MR) is 79.9 cm³/mol. The second kappa shape index (κ2) is 6.60. The molecule has 0 saturated carbocycles. The summed E-state index contributed by atoms with van der Waals surface area (Å²) in [4.78, 5) is 14.8. The van der Waals surface area contributed by atoms with Gasteiger partial charge in [0.2, 0.25) is 5.91 Å². The minimum Gasteiger partial charge on any atom is -0.377 e. The van der Waals surface area contributed by atoms with Crippen LogP contribution in [0.4, 0.5) is 0 Å². The number of hydrogen-bond donors (Lipinski definition) is 1. The van der Waals surface area contributed by atoms with E-state index >= 15 is 0 Å². The lowest BCUT2D eigenvalue weighted by molar-refractivity contribution is -0.146. The molecule has 0 bridgehead atoms. The lowest BCUT2D eigenvalue weighted by Crippen LogP contribution is -2.46. The molecule has 21 heavy (non-hydrogen) atoms.